The highest BCUT2D eigenvalue weighted by atomic mass is 35.5. The van der Waals surface area contributed by atoms with Crippen molar-refractivity contribution in [3.05, 3.63) is 34.9 Å². The molecule has 24 heavy (non-hydrogen) atoms. The van der Waals surface area contributed by atoms with Gasteiger partial charge in [-0.05, 0) is 57.0 Å². The van der Waals surface area contributed by atoms with Crippen LogP contribution >= 0.6 is 11.6 Å². The molecule has 0 aromatic rings. The minimum atomic E-state index is 0.202. The molecule has 0 saturated carbocycles. The Morgan fingerprint density at radius 2 is 2.00 bits per heavy atom. The molecule has 2 unspecified atom stereocenters. The zero-order valence-corrected chi connectivity index (χ0v) is 16.3. The molecule has 4 heteroatoms. The van der Waals surface area contributed by atoms with E-state index in [-0.39, 0.29) is 6.04 Å². The van der Waals surface area contributed by atoms with Gasteiger partial charge in [-0.2, -0.15) is 0 Å². The predicted octanol–water partition coefficient (Wildman–Crippen LogP) is 4.26. The molecule has 2 rings (SSSR count). The Bertz CT molecular complexity index is 509. The van der Waals surface area contributed by atoms with Gasteiger partial charge in [0.15, 0.2) is 0 Å². The first-order chi connectivity index (χ1) is 11.6. The lowest BCUT2D eigenvalue weighted by Gasteiger charge is -2.41. The van der Waals surface area contributed by atoms with E-state index in [0.29, 0.717) is 6.04 Å². The summed E-state index contributed by atoms with van der Waals surface area (Å²) < 4.78 is 0. The molecule has 0 spiro atoms. The van der Waals surface area contributed by atoms with E-state index >= 15 is 0 Å². The molecule has 1 saturated heterocycles. The first kappa shape index (κ1) is 19.4. The second-order valence-electron chi connectivity index (χ2n) is 6.70. The first-order valence-electron chi connectivity index (χ1n) is 9.31. The second-order valence-corrected chi connectivity index (χ2v) is 6.95. The fraction of sp³-hybridized carbons (Fsp3) is 0.650. The van der Waals surface area contributed by atoms with Crippen LogP contribution in [0.2, 0.25) is 0 Å². The number of dihydropyridines is 1. The minimum absolute atomic E-state index is 0.202. The summed E-state index contributed by atoms with van der Waals surface area (Å²) in [7, 11) is 0. The first-order valence-corrected chi connectivity index (χ1v) is 9.74. The van der Waals surface area contributed by atoms with Crippen LogP contribution in [0.5, 0.6) is 0 Å². The van der Waals surface area contributed by atoms with Crippen LogP contribution in [0.1, 0.15) is 40.5 Å². The molecule has 0 aliphatic carbocycles. The Hall–Kier alpha value is -0.900. The third-order valence-corrected chi connectivity index (χ3v) is 5.67. The van der Waals surface area contributed by atoms with Gasteiger partial charge in [-0.15, -0.1) is 0 Å². The summed E-state index contributed by atoms with van der Waals surface area (Å²) in [6.45, 7) is 13.7. The van der Waals surface area contributed by atoms with Crippen molar-refractivity contribution < 1.29 is 0 Å². The summed E-state index contributed by atoms with van der Waals surface area (Å²) in [4.78, 5) is 9.75. The molecule has 3 nitrogen and oxygen atoms in total. The zero-order valence-electron chi connectivity index (χ0n) is 15.6. The molecule has 0 aromatic heterocycles. The van der Waals surface area contributed by atoms with Crippen molar-refractivity contribution in [2.24, 2.45) is 4.99 Å². The maximum absolute atomic E-state index is 5.72. The van der Waals surface area contributed by atoms with Crippen LogP contribution in [0.4, 0.5) is 0 Å². The molecule has 2 atom stereocenters. The molecular weight excluding hydrogens is 318 g/mol. The van der Waals surface area contributed by atoms with Crippen LogP contribution in [0.3, 0.4) is 0 Å². The van der Waals surface area contributed by atoms with E-state index < -0.39 is 0 Å². The topological polar surface area (TPSA) is 18.8 Å². The van der Waals surface area contributed by atoms with Crippen LogP contribution in [-0.4, -0.2) is 60.3 Å². The van der Waals surface area contributed by atoms with Gasteiger partial charge in [0, 0.05) is 36.9 Å². The normalized spacial score (nSPS) is 26.5. The fourth-order valence-corrected chi connectivity index (χ4v) is 4.07. The molecular formula is C20H32ClN3. The Kier molecular flexibility index (Phi) is 7.73. The van der Waals surface area contributed by atoms with Gasteiger partial charge in [0.2, 0.25) is 0 Å². The van der Waals surface area contributed by atoms with E-state index in [4.69, 9.17) is 11.6 Å². The molecule has 0 amide bonds. The number of halogens is 1. The van der Waals surface area contributed by atoms with Crippen molar-refractivity contribution >= 4 is 17.8 Å². The summed E-state index contributed by atoms with van der Waals surface area (Å²) in [5, 5.41) is 0. The van der Waals surface area contributed by atoms with Crippen molar-refractivity contribution in [1.29, 1.82) is 0 Å². The van der Waals surface area contributed by atoms with Gasteiger partial charge in [-0.3, -0.25) is 9.89 Å². The standard InChI is InChI=1S/C20H32ClN3/c1-5-23(6-2)18-10-14-24(15-11-18)17(4)20-9-13-22-16(3)19(20)8-7-12-21/h7-9,12-13,16-18H,5-6,10-11,14-15H2,1-4H3/b12-7+,19-8+. The number of hydrogen-bond donors (Lipinski definition) is 0. The van der Waals surface area contributed by atoms with Crippen LogP contribution in [-0.2, 0) is 0 Å². The lowest BCUT2D eigenvalue weighted by atomic mass is 9.90. The molecule has 2 heterocycles. The summed E-state index contributed by atoms with van der Waals surface area (Å²) in [5.41, 5.74) is 4.23. The van der Waals surface area contributed by atoms with E-state index in [2.05, 4.69) is 54.6 Å². The molecule has 2 aliphatic rings. The Morgan fingerprint density at radius 3 is 2.58 bits per heavy atom. The van der Waals surface area contributed by atoms with E-state index in [1.54, 1.807) is 5.54 Å². The molecule has 0 radical (unpaired) electrons. The van der Waals surface area contributed by atoms with Crippen LogP contribution < -0.4 is 0 Å². The van der Waals surface area contributed by atoms with E-state index in [9.17, 15) is 0 Å². The number of aliphatic imine (C=N–C) groups is 1. The van der Waals surface area contributed by atoms with Crippen molar-refractivity contribution in [2.45, 2.75) is 58.7 Å². The molecule has 0 N–H and O–H groups in total. The summed E-state index contributed by atoms with van der Waals surface area (Å²) in [6, 6.07) is 1.37. The number of rotatable bonds is 6. The second kappa shape index (κ2) is 9.55. The number of hydrogen-bond acceptors (Lipinski definition) is 3. The third-order valence-electron chi connectivity index (χ3n) is 5.52. The van der Waals surface area contributed by atoms with Crippen LogP contribution in [0.15, 0.2) is 39.9 Å². The van der Waals surface area contributed by atoms with Crippen molar-refractivity contribution in [2.75, 3.05) is 26.2 Å². The lowest BCUT2D eigenvalue weighted by molar-refractivity contribution is 0.103. The highest BCUT2D eigenvalue weighted by Crippen LogP contribution is 2.28. The molecule has 0 bridgehead atoms. The van der Waals surface area contributed by atoms with Gasteiger partial charge in [0.1, 0.15) is 0 Å². The van der Waals surface area contributed by atoms with E-state index in [1.807, 2.05) is 12.3 Å². The van der Waals surface area contributed by atoms with Crippen molar-refractivity contribution in [3.63, 3.8) is 0 Å². The summed E-state index contributed by atoms with van der Waals surface area (Å²) >= 11 is 5.72. The van der Waals surface area contributed by atoms with Crippen LogP contribution in [0, 0.1) is 0 Å². The number of likely N-dealkylation sites (tertiary alicyclic amines) is 1. The van der Waals surface area contributed by atoms with Gasteiger partial charge in [-0.25, -0.2) is 0 Å². The smallest absolute Gasteiger partial charge is 0.0724 e. The van der Waals surface area contributed by atoms with Gasteiger partial charge >= 0.3 is 0 Å². The fourth-order valence-electron chi connectivity index (χ4n) is 4.00. The average molecular weight is 350 g/mol. The Labute approximate surface area is 152 Å². The third kappa shape index (κ3) is 4.59. The highest BCUT2D eigenvalue weighted by molar-refractivity contribution is 6.25. The zero-order chi connectivity index (χ0) is 17.5. The van der Waals surface area contributed by atoms with Crippen molar-refractivity contribution in [1.82, 2.24) is 9.80 Å². The maximum Gasteiger partial charge on any atom is 0.0724 e. The average Bonchev–Trinajstić information content (AvgIpc) is 2.61. The Balaban J connectivity index is 2.05. The molecule has 0 aromatic carbocycles. The van der Waals surface area contributed by atoms with E-state index in [0.717, 1.165) is 19.1 Å². The van der Waals surface area contributed by atoms with Crippen molar-refractivity contribution in [3.8, 4) is 0 Å². The summed E-state index contributed by atoms with van der Waals surface area (Å²) in [5.74, 6) is 0. The SMILES string of the molecule is CCN(CC)C1CCN(C(C)C2=CC=NC(C)/C2=C\C=C\Cl)CC1. The molecule has 2 aliphatic heterocycles. The van der Waals surface area contributed by atoms with Gasteiger partial charge in [0.25, 0.3) is 0 Å². The lowest BCUT2D eigenvalue weighted by Crippen LogP contribution is -2.48. The van der Waals surface area contributed by atoms with E-state index in [1.165, 1.54) is 37.1 Å². The molecule has 134 valence electrons. The largest absolute Gasteiger partial charge is 0.301 e. The predicted molar refractivity (Wildman–Crippen MR) is 106 cm³/mol. The van der Waals surface area contributed by atoms with Gasteiger partial charge < -0.3 is 4.90 Å². The number of nitrogens with zero attached hydrogens (tertiary/aromatic N) is 3. The van der Waals surface area contributed by atoms with Gasteiger partial charge in [-0.1, -0.05) is 37.6 Å². The highest BCUT2D eigenvalue weighted by Gasteiger charge is 2.29. The Morgan fingerprint density at radius 1 is 1.33 bits per heavy atom. The minimum Gasteiger partial charge on any atom is -0.301 e. The number of piperidine rings is 1. The van der Waals surface area contributed by atoms with Crippen LogP contribution in [0.25, 0.3) is 0 Å². The maximum atomic E-state index is 5.72. The summed E-state index contributed by atoms with van der Waals surface area (Å²) in [6.07, 6.45) is 10.7. The molecule has 1 fully saturated rings. The monoisotopic (exact) mass is 349 g/mol. The number of allylic oxidation sites excluding steroid dienone is 3. The quantitative estimate of drug-likeness (QED) is 0.713. The van der Waals surface area contributed by atoms with Gasteiger partial charge in [0.05, 0.1) is 6.04 Å².